The van der Waals surface area contributed by atoms with Crippen LogP contribution in [-0.4, -0.2) is 69.4 Å². The molecule has 0 bridgehead atoms. The van der Waals surface area contributed by atoms with E-state index >= 15 is 0 Å². The van der Waals surface area contributed by atoms with Gasteiger partial charge in [0.2, 0.25) is 11.8 Å². The molecule has 40 heavy (non-hydrogen) atoms. The van der Waals surface area contributed by atoms with Gasteiger partial charge in [0.25, 0.3) is 0 Å². The number of hydrogen-bond acceptors (Lipinski definition) is 8. The van der Waals surface area contributed by atoms with Crippen molar-refractivity contribution in [2.45, 2.75) is 59.3 Å². The van der Waals surface area contributed by atoms with Crippen molar-refractivity contribution < 1.29 is 33.4 Å². The van der Waals surface area contributed by atoms with Gasteiger partial charge in [0.05, 0.1) is 13.2 Å². The third-order valence-corrected chi connectivity index (χ3v) is 5.97. The molecular weight excluding hydrogens is 516 g/mol. The van der Waals surface area contributed by atoms with Gasteiger partial charge in [-0.05, 0) is 44.4 Å². The smallest absolute Gasteiger partial charge is 0.407 e. The van der Waals surface area contributed by atoms with Gasteiger partial charge in [-0.2, -0.15) is 0 Å². The highest BCUT2D eigenvalue weighted by Crippen LogP contribution is 2.11. The quantitative estimate of drug-likeness (QED) is 0.108. The maximum atomic E-state index is 12.1. The van der Waals surface area contributed by atoms with Gasteiger partial charge in [0.1, 0.15) is 12.2 Å². The number of anilines is 1. The average Bonchev–Trinajstić information content (AvgIpc) is 2.90. The summed E-state index contributed by atoms with van der Waals surface area (Å²) < 4.78 is 10.5. The first-order chi connectivity index (χ1) is 19.1. The van der Waals surface area contributed by atoms with E-state index in [9.17, 15) is 24.0 Å². The van der Waals surface area contributed by atoms with Crippen LogP contribution in [0.1, 0.15) is 58.4 Å². The van der Waals surface area contributed by atoms with Crippen molar-refractivity contribution in [2.24, 2.45) is 5.92 Å². The zero-order valence-electron chi connectivity index (χ0n) is 24.1. The molecule has 1 aromatic rings. The van der Waals surface area contributed by atoms with Crippen LogP contribution in [0.3, 0.4) is 0 Å². The number of carbonyl (C=O) groups is 5. The van der Waals surface area contributed by atoms with Crippen molar-refractivity contribution in [2.75, 3.05) is 45.3 Å². The summed E-state index contributed by atoms with van der Waals surface area (Å²) in [6.45, 7) is 6.89. The third-order valence-electron chi connectivity index (χ3n) is 5.97. The Bertz CT molecular complexity index is 993. The highest BCUT2D eigenvalue weighted by Gasteiger charge is 2.10. The fourth-order valence-electron chi connectivity index (χ4n) is 3.40. The Labute approximate surface area is 236 Å². The summed E-state index contributed by atoms with van der Waals surface area (Å²) in [5.74, 6) is -0.670. The number of rotatable bonds is 20. The van der Waals surface area contributed by atoms with Gasteiger partial charge in [0, 0.05) is 63.0 Å². The Morgan fingerprint density at radius 2 is 1.60 bits per heavy atom. The molecule has 3 amide bonds. The van der Waals surface area contributed by atoms with Crippen LogP contribution in [0, 0.1) is 5.92 Å². The zero-order chi connectivity index (χ0) is 29.8. The summed E-state index contributed by atoms with van der Waals surface area (Å²) in [5.41, 5.74) is 2.14. The van der Waals surface area contributed by atoms with Crippen LogP contribution in [0.25, 0.3) is 0 Å². The molecule has 1 rings (SSSR count). The molecule has 1 atom stereocenters. The van der Waals surface area contributed by atoms with Crippen LogP contribution in [-0.2, 0) is 35.1 Å². The Balaban J connectivity index is 2.07. The molecule has 0 saturated carbocycles. The van der Waals surface area contributed by atoms with Crippen molar-refractivity contribution >= 4 is 35.2 Å². The second-order valence-corrected chi connectivity index (χ2v) is 9.53. The van der Waals surface area contributed by atoms with E-state index in [0.29, 0.717) is 25.3 Å². The first-order valence-corrected chi connectivity index (χ1v) is 13.6. The third kappa shape index (κ3) is 17.0. The van der Waals surface area contributed by atoms with Gasteiger partial charge in [-0.15, -0.1) is 0 Å². The number of allylic oxidation sites excluding steroid dienone is 2. The predicted octanol–water partition coefficient (Wildman–Crippen LogP) is 2.89. The van der Waals surface area contributed by atoms with Crippen LogP contribution < -0.4 is 21.3 Å². The number of nitrogens with one attached hydrogen (secondary N) is 4. The number of hydrogen-bond donors (Lipinski definition) is 4. The molecule has 0 aliphatic carbocycles. The van der Waals surface area contributed by atoms with E-state index in [1.807, 2.05) is 13.8 Å². The first-order valence-electron chi connectivity index (χ1n) is 13.6. The number of ketones is 2. The van der Waals surface area contributed by atoms with Crippen molar-refractivity contribution in [1.82, 2.24) is 16.0 Å². The molecule has 0 aromatic heterocycles. The number of ether oxygens (including phenoxy) is 2. The average molecular weight is 561 g/mol. The van der Waals surface area contributed by atoms with E-state index in [1.54, 1.807) is 44.3 Å². The monoisotopic (exact) mass is 560 g/mol. The lowest BCUT2D eigenvalue weighted by Crippen LogP contribution is -2.31. The molecule has 0 heterocycles. The molecule has 0 saturated heterocycles. The van der Waals surface area contributed by atoms with Crippen molar-refractivity contribution in [3.8, 4) is 0 Å². The number of Topliss-reactive ketones (excluding diaryl/α,β-unsaturated/α-hetero) is 1. The fourth-order valence-corrected chi connectivity index (χ4v) is 3.40. The minimum Gasteiger partial charge on any atom is -0.449 e. The Kier molecular flexibility index (Phi) is 17.3. The van der Waals surface area contributed by atoms with Gasteiger partial charge in [-0.25, -0.2) is 4.79 Å². The minimum atomic E-state index is -0.483. The van der Waals surface area contributed by atoms with E-state index in [-0.39, 0.29) is 50.1 Å². The maximum Gasteiger partial charge on any atom is 0.407 e. The van der Waals surface area contributed by atoms with Gasteiger partial charge >= 0.3 is 6.09 Å². The summed E-state index contributed by atoms with van der Waals surface area (Å²) in [7, 11) is 1.75. The molecule has 222 valence electrons. The van der Waals surface area contributed by atoms with Crippen LogP contribution in [0.2, 0.25) is 0 Å². The Hall–Kier alpha value is -3.73. The molecule has 4 N–H and O–H groups in total. The van der Waals surface area contributed by atoms with Gasteiger partial charge in [-0.1, -0.05) is 25.5 Å². The van der Waals surface area contributed by atoms with E-state index < -0.39 is 17.9 Å². The lowest BCUT2D eigenvalue weighted by atomic mass is 10.0. The van der Waals surface area contributed by atoms with Gasteiger partial charge < -0.3 is 30.7 Å². The number of benzene rings is 1. The minimum absolute atomic E-state index is 0.0274. The highest BCUT2D eigenvalue weighted by atomic mass is 16.5. The zero-order valence-corrected chi connectivity index (χ0v) is 24.1. The molecule has 1 unspecified atom stereocenters. The lowest BCUT2D eigenvalue weighted by molar-refractivity contribution is -0.127. The largest absolute Gasteiger partial charge is 0.449 e. The normalized spacial score (nSPS) is 11.8. The summed E-state index contributed by atoms with van der Waals surface area (Å²) in [6, 6.07) is 6.89. The van der Waals surface area contributed by atoms with Crippen molar-refractivity contribution in [1.29, 1.82) is 0 Å². The van der Waals surface area contributed by atoms with Gasteiger partial charge in [-0.3, -0.25) is 19.2 Å². The Morgan fingerprint density at radius 3 is 2.27 bits per heavy atom. The molecule has 0 radical (unpaired) electrons. The summed E-state index contributed by atoms with van der Waals surface area (Å²) >= 11 is 0. The van der Waals surface area contributed by atoms with E-state index in [2.05, 4.69) is 21.3 Å². The molecule has 0 fully saturated rings. The fraction of sp³-hybridized carbons (Fsp3) is 0.552. The standard InChI is InChI=1S/C29H44N4O7/c1-21(23(3)34)8-5-6-13-32-29(38)40-16-7-15-39-17-14-31-27(36)20-28(37)33-25-11-9-24(10-12-25)19-26(35)18-22(2)30-4/h9-12,18,21,30H,5-8,13-17,19-20H2,1-4H3,(H,31,36)(H,32,38)(H,33,37)/b22-18-. The van der Waals surface area contributed by atoms with E-state index in [4.69, 9.17) is 9.47 Å². The molecule has 11 heteroatoms. The van der Waals surface area contributed by atoms with Gasteiger partial charge in [0.15, 0.2) is 5.78 Å². The SMILES string of the molecule is CN/C(C)=C\C(=O)Cc1ccc(NC(=O)CC(=O)NCCOCCCOC(=O)NCCCCC(C)C(C)=O)cc1. The number of alkyl carbamates (subject to hydrolysis) is 1. The topological polar surface area (TPSA) is 152 Å². The second kappa shape index (κ2) is 20.2. The first kappa shape index (κ1) is 34.3. The predicted molar refractivity (Wildman–Crippen MR) is 153 cm³/mol. The maximum absolute atomic E-state index is 12.1. The summed E-state index contributed by atoms with van der Waals surface area (Å²) in [5, 5.41) is 10.9. The molecule has 0 spiro atoms. The summed E-state index contributed by atoms with van der Waals surface area (Å²) in [4.78, 5) is 58.9. The van der Waals surface area contributed by atoms with E-state index in [1.165, 1.54) is 0 Å². The van der Waals surface area contributed by atoms with Crippen molar-refractivity contribution in [3.05, 3.63) is 41.6 Å². The highest BCUT2D eigenvalue weighted by molar-refractivity contribution is 6.03. The summed E-state index contributed by atoms with van der Waals surface area (Å²) in [6.07, 6.45) is 3.96. The van der Waals surface area contributed by atoms with Crippen LogP contribution in [0.4, 0.5) is 10.5 Å². The number of unbranched alkanes of at least 4 members (excludes halogenated alkanes) is 1. The molecular formula is C29H44N4O7. The van der Waals surface area contributed by atoms with Crippen molar-refractivity contribution in [3.63, 3.8) is 0 Å². The molecule has 1 aromatic carbocycles. The lowest BCUT2D eigenvalue weighted by Gasteiger charge is -2.09. The van der Waals surface area contributed by atoms with Crippen LogP contribution >= 0.6 is 0 Å². The molecule has 0 aliphatic rings. The molecule has 11 nitrogen and oxygen atoms in total. The van der Waals surface area contributed by atoms with Crippen LogP contribution in [0.5, 0.6) is 0 Å². The number of carbonyl (C=O) groups excluding carboxylic acids is 5. The molecule has 0 aliphatic heterocycles. The van der Waals surface area contributed by atoms with E-state index in [0.717, 1.165) is 30.5 Å². The Morgan fingerprint density at radius 1 is 0.875 bits per heavy atom. The van der Waals surface area contributed by atoms with Crippen LogP contribution in [0.15, 0.2) is 36.0 Å². The number of amides is 3. The second-order valence-electron chi connectivity index (χ2n) is 9.53.